The Morgan fingerprint density at radius 1 is 1.00 bits per heavy atom. The van der Waals surface area contributed by atoms with Crippen LogP contribution in [-0.2, 0) is 0 Å². The van der Waals surface area contributed by atoms with Crippen molar-refractivity contribution in [1.82, 2.24) is 4.90 Å². The van der Waals surface area contributed by atoms with E-state index in [9.17, 15) is 0 Å². The number of benzene rings is 1. The maximum atomic E-state index is 5.99. The van der Waals surface area contributed by atoms with Crippen molar-refractivity contribution >= 4 is 6.08 Å². The summed E-state index contributed by atoms with van der Waals surface area (Å²) < 4.78 is 5.99. The minimum absolute atomic E-state index is 0.0164. The van der Waals surface area contributed by atoms with E-state index in [2.05, 4.69) is 94.7 Å². The molecule has 1 aromatic rings. The molecule has 0 N–H and O–H groups in total. The van der Waals surface area contributed by atoms with Gasteiger partial charge in [-0.1, -0.05) is 75.6 Å². The molecule has 0 fully saturated rings. The quantitative estimate of drug-likeness (QED) is 0.184. The second-order valence-corrected chi connectivity index (χ2v) is 9.18. The molecule has 0 bridgehead atoms. The van der Waals surface area contributed by atoms with Gasteiger partial charge in [-0.15, -0.1) is 6.58 Å². The largest absolute Gasteiger partial charge is 0.494 e. The number of hydrogen-bond acceptors (Lipinski definition) is 2. The van der Waals surface area contributed by atoms with Crippen molar-refractivity contribution in [1.29, 1.82) is 0 Å². The number of ether oxygens (including phenoxy) is 1. The number of nitrogens with zero attached hydrogens (tertiary/aromatic N) is 1. The zero-order chi connectivity index (χ0) is 23.0. The standard InChI is InChI=1S/C29H47NO/c1-7-10-22-30(23-11-8-2)24-13-25-31-28-17-15-27(16-18-28)19-21-29(6,9-3)20-12-14-26(4)5/h9,14-19,21H,3,7-8,10-13,20,22-25H2,1-2,4-6H3/b21-19+/t29-/m1/s1. The molecule has 31 heavy (non-hydrogen) atoms. The molecule has 0 saturated carbocycles. The van der Waals surface area contributed by atoms with E-state index in [-0.39, 0.29) is 5.41 Å². The molecule has 0 heterocycles. The first-order valence-corrected chi connectivity index (χ1v) is 12.3. The van der Waals surface area contributed by atoms with Gasteiger partial charge in [-0.05, 0) is 76.7 Å². The van der Waals surface area contributed by atoms with Gasteiger partial charge in [-0.2, -0.15) is 0 Å². The molecule has 1 rings (SSSR count). The summed E-state index contributed by atoms with van der Waals surface area (Å²) in [6.07, 6.45) is 17.2. The second-order valence-electron chi connectivity index (χ2n) is 9.18. The van der Waals surface area contributed by atoms with E-state index in [0.29, 0.717) is 0 Å². The molecule has 2 nitrogen and oxygen atoms in total. The van der Waals surface area contributed by atoms with E-state index in [0.717, 1.165) is 38.2 Å². The van der Waals surface area contributed by atoms with E-state index < -0.39 is 0 Å². The second kappa shape index (κ2) is 15.9. The highest BCUT2D eigenvalue weighted by Crippen LogP contribution is 2.28. The van der Waals surface area contributed by atoms with Crippen molar-refractivity contribution in [3.05, 3.63) is 60.2 Å². The SMILES string of the molecule is C=C[C@@](C)(/C=C/c1ccc(OCCCN(CCCC)CCCC)cc1)CCC=C(C)C. The lowest BCUT2D eigenvalue weighted by atomic mass is 9.84. The van der Waals surface area contributed by atoms with Crippen LogP contribution in [0.5, 0.6) is 5.75 Å². The van der Waals surface area contributed by atoms with Gasteiger partial charge in [0.05, 0.1) is 6.61 Å². The molecule has 0 aliphatic heterocycles. The Kier molecular flexibility index (Phi) is 14.0. The molecule has 0 unspecified atom stereocenters. The summed E-state index contributed by atoms with van der Waals surface area (Å²) in [6, 6.07) is 8.44. The summed E-state index contributed by atoms with van der Waals surface area (Å²) in [6.45, 7) is 19.5. The first-order chi connectivity index (χ1) is 14.9. The highest BCUT2D eigenvalue weighted by Gasteiger charge is 2.15. The van der Waals surface area contributed by atoms with Crippen molar-refractivity contribution in [2.24, 2.45) is 5.41 Å². The van der Waals surface area contributed by atoms with Gasteiger partial charge in [0.15, 0.2) is 0 Å². The summed E-state index contributed by atoms with van der Waals surface area (Å²) in [5.41, 5.74) is 2.59. The molecular formula is C29H47NO. The van der Waals surface area contributed by atoms with Crippen LogP contribution in [0.1, 0.15) is 85.1 Å². The average Bonchev–Trinajstić information content (AvgIpc) is 2.77. The Bertz CT molecular complexity index is 646. The van der Waals surface area contributed by atoms with Gasteiger partial charge in [0, 0.05) is 12.0 Å². The lowest BCUT2D eigenvalue weighted by Gasteiger charge is -2.22. The van der Waals surface area contributed by atoms with Gasteiger partial charge >= 0.3 is 0 Å². The summed E-state index contributed by atoms with van der Waals surface area (Å²) >= 11 is 0. The molecular weight excluding hydrogens is 378 g/mol. The molecule has 0 spiro atoms. The van der Waals surface area contributed by atoms with Crippen molar-refractivity contribution in [3.63, 3.8) is 0 Å². The Morgan fingerprint density at radius 3 is 2.16 bits per heavy atom. The fourth-order valence-corrected chi connectivity index (χ4v) is 3.46. The van der Waals surface area contributed by atoms with E-state index in [1.165, 1.54) is 49.9 Å². The van der Waals surface area contributed by atoms with Gasteiger partial charge < -0.3 is 9.64 Å². The van der Waals surface area contributed by atoms with Crippen molar-refractivity contribution < 1.29 is 4.74 Å². The van der Waals surface area contributed by atoms with Crippen molar-refractivity contribution in [2.75, 3.05) is 26.2 Å². The highest BCUT2D eigenvalue weighted by molar-refractivity contribution is 5.52. The third kappa shape index (κ3) is 12.6. The van der Waals surface area contributed by atoms with Crippen LogP contribution in [0.4, 0.5) is 0 Å². The predicted octanol–water partition coefficient (Wildman–Crippen LogP) is 8.31. The predicted molar refractivity (Wildman–Crippen MR) is 139 cm³/mol. The highest BCUT2D eigenvalue weighted by atomic mass is 16.5. The minimum Gasteiger partial charge on any atom is -0.494 e. The van der Waals surface area contributed by atoms with Crippen LogP contribution in [-0.4, -0.2) is 31.1 Å². The summed E-state index contributed by atoms with van der Waals surface area (Å²) in [5, 5.41) is 0. The monoisotopic (exact) mass is 425 g/mol. The Labute approximate surface area is 193 Å². The number of unbranched alkanes of at least 4 members (excludes halogenated alkanes) is 2. The Morgan fingerprint density at radius 2 is 1.61 bits per heavy atom. The summed E-state index contributed by atoms with van der Waals surface area (Å²) in [5.74, 6) is 0.959. The van der Waals surface area contributed by atoms with E-state index in [1.54, 1.807) is 0 Å². The molecule has 1 aromatic carbocycles. The van der Waals surface area contributed by atoms with Crippen molar-refractivity contribution in [3.8, 4) is 5.75 Å². The number of allylic oxidation sites excluding steroid dienone is 4. The molecule has 0 aliphatic carbocycles. The smallest absolute Gasteiger partial charge is 0.119 e. The fraction of sp³-hybridized carbons (Fsp3) is 0.586. The molecule has 1 atom stereocenters. The normalized spacial score (nSPS) is 13.4. The lowest BCUT2D eigenvalue weighted by Crippen LogP contribution is -2.28. The molecule has 2 heteroatoms. The van der Waals surface area contributed by atoms with E-state index in [4.69, 9.17) is 4.74 Å². The zero-order valence-corrected chi connectivity index (χ0v) is 21.0. The first-order valence-electron chi connectivity index (χ1n) is 12.3. The first kappa shape index (κ1) is 27.2. The Balaban J connectivity index is 2.47. The van der Waals surface area contributed by atoms with Gasteiger partial charge in [0.1, 0.15) is 5.75 Å². The maximum Gasteiger partial charge on any atom is 0.119 e. The third-order valence-electron chi connectivity index (χ3n) is 5.78. The number of rotatable bonds is 17. The molecule has 174 valence electrons. The van der Waals surface area contributed by atoms with Gasteiger partial charge in [-0.25, -0.2) is 0 Å². The van der Waals surface area contributed by atoms with E-state index in [1.807, 2.05) is 0 Å². The van der Waals surface area contributed by atoms with E-state index >= 15 is 0 Å². The van der Waals surface area contributed by atoms with Crippen LogP contribution >= 0.6 is 0 Å². The number of hydrogen-bond donors (Lipinski definition) is 0. The average molecular weight is 426 g/mol. The van der Waals surface area contributed by atoms with Crippen LogP contribution in [0, 0.1) is 5.41 Å². The molecule has 0 aromatic heterocycles. The zero-order valence-electron chi connectivity index (χ0n) is 21.0. The topological polar surface area (TPSA) is 12.5 Å². The molecule has 0 radical (unpaired) electrons. The molecule has 0 saturated heterocycles. The Hall–Kier alpha value is -1.80. The van der Waals surface area contributed by atoms with Crippen LogP contribution in [0.2, 0.25) is 0 Å². The molecule has 0 aliphatic rings. The van der Waals surface area contributed by atoms with Gasteiger partial charge in [0.2, 0.25) is 0 Å². The van der Waals surface area contributed by atoms with Crippen LogP contribution < -0.4 is 4.74 Å². The third-order valence-corrected chi connectivity index (χ3v) is 5.78. The van der Waals surface area contributed by atoms with Gasteiger partial charge in [0.25, 0.3) is 0 Å². The lowest BCUT2D eigenvalue weighted by molar-refractivity contribution is 0.229. The van der Waals surface area contributed by atoms with Gasteiger partial charge in [-0.3, -0.25) is 0 Å². The maximum absolute atomic E-state index is 5.99. The summed E-state index contributed by atoms with van der Waals surface area (Å²) in [4.78, 5) is 2.60. The van der Waals surface area contributed by atoms with Crippen LogP contribution in [0.25, 0.3) is 6.08 Å². The van der Waals surface area contributed by atoms with Crippen LogP contribution in [0.3, 0.4) is 0 Å². The fourth-order valence-electron chi connectivity index (χ4n) is 3.46. The van der Waals surface area contributed by atoms with Crippen molar-refractivity contribution in [2.45, 2.75) is 79.6 Å². The summed E-state index contributed by atoms with van der Waals surface area (Å²) in [7, 11) is 0. The molecule has 0 amide bonds. The van der Waals surface area contributed by atoms with Crippen LogP contribution in [0.15, 0.2) is 54.6 Å². The minimum atomic E-state index is 0.0164.